The molecule has 0 heterocycles. The molecule has 0 aliphatic carbocycles. The highest BCUT2D eigenvalue weighted by molar-refractivity contribution is 7.45. The van der Waals surface area contributed by atoms with Gasteiger partial charge in [0.1, 0.15) is 0 Å². The summed E-state index contributed by atoms with van der Waals surface area (Å²) < 4.78 is 0. The summed E-state index contributed by atoms with van der Waals surface area (Å²) in [7, 11) is 0. The molecule has 3 heteroatoms. The summed E-state index contributed by atoms with van der Waals surface area (Å²) >= 11 is 13.0. The zero-order valence-electron chi connectivity index (χ0n) is 13.9. The number of rotatable bonds is 15. The first-order valence-electron chi connectivity index (χ1n) is 9.00. The first-order chi connectivity index (χ1) is 9.62. The van der Waals surface area contributed by atoms with Crippen LogP contribution in [0.5, 0.6) is 0 Å². The van der Waals surface area contributed by atoms with E-state index in [9.17, 15) is 0 Å². The van der Waals surface area contributed by atoms with Crippen molar-refractivity contribution >= 4 is 28.9 Å². The molecule has 0 saturated heterocycles. The summed E-state index contributed by atoms with van der Waals surface area (Å²) in [5.74, 6) is 0. The number of hydrogen-bond donors (Lipinski definition) is 0. The minimum atomic E-state index is -1.89. The zero-order chi connectivity index (χ0) is 15.1. The van der Waals surface area contributed by atoms with Gasteiger partial charge in [0.15, 0.2) is 0 Å². The second kappa shape index (κ2) is 14.7. The summed E-state index contributed by atoms with van der Waals surface area (Å²) in [4.78, 5) is 0. The normalized spacial score (nSPS) is 12.0. The van der Waals surface area contributed by atoms with Gasteiger partial charge in [0, 0.05) is 0 Å². The van der Waals surface area contributed by atoms with Gasteiger partial charge >= 0.3 is 0 Å². The van der Waals surface area contributed by atoms with Crippen LogP contribution in [0.2, 0.25) is 12.1 Å². The Hall–Kier alpha value is 0.797. The highest BCUT2D eigenvalue weighted by atomic mass is 35.7. The fourth-order valence-corrected chi connectivity index (χ4v) is 6.02. The molecular formula is C17H36Cl2Si. The third-order valence-corrected chi connectivity index (χ3v) is 8.48. The van der Waals surface area contributed by atoms with Crippen LogP contribution in [-0.2, 0) is 0 Å². The van der Waals surface area contributed by atoms with Crippen molar-refractivity contribution in [2.75, 3.05) is 0 Å². The lowest BCUT2D eigenvalue weighted by atomic mass is 10.1. The van der Waals surface area contributed by atoms with Crippen LogP contribution in [0.1, 0.15) is 97.3 Å². The molecule has 0 radical (unpaired) electrons. The number of hydrogen-bond acceptors (Lipinski definition) is 0. The van der Waals surface area contributed by atoms with Gasteiger partial charge in [-0.1, -0.05) is 97.3 Å². The maximum absolute atomic E-state index is 6.49. The Morgan fingerprint density at radius 2 is 0.800 bits per heavy atom. The van der Waals surface area contributed by atoms with Crippen molar-refractivity contribution in [2.24, 2.45) is 0 Å². The molecule has 0 atom stereocenters. The molecule has 0 amide bonds. The van der Waals surface area contributed by atoms with E-state index in [0.717, 1.165) is 12.1 Å². The monoisotopic (exact) mass is 338 g/mol. The van der Waals surface area contributed by atoms with Gasteiger partial charge in [-0.05, 0) is 12.1 Å². The van der Waals surface area contributed by atoms with E-state index in [4.69, 9.17) is 22.2 Å². The largest absolute Gasteiger partial charge is 0.251 e. The molecule has 0 saturated carbocycles. The Morgan fingerprint density at radius 1 is 0.500 bits per heavy atom. The smallest absolute Gasteiger partial charge is 0.146 e. The summed E-state index contributed by atoms with van der Waals surface area (Å²) in [5, 5.41) is 0. The lowest BCUT2D eigenvalue weighted by Gasteiger charge is -2.16. The van der Waals surface area contributed by atoms with E-state index < -0.39 is 6.69 Å². The van der Waals surface area contributed by atoms with Crippen LogP contribution in [0.15, 0.2) is 0 Å². The van der Waals surface area contributed by atoms with Gasteiger partial charge < -0.3 is 0 Å². The minimum absolute atomic E-state index is 1.10. The minimum Gasteiger partial charge on any atom is -0.146 e. The first-order valence-corrected chi connectivity index (χ1v) is 13.4. The summed E-state index contributed by atoms with van der Waals surface area (Å²) in [6.45, 7) is 2.62. The second-order valence-corrected chi connectivity index (χ2v) is 13.9. The quantitative estimate of drug-likeness (QED) is 0.161. The van der Waals surface area contributed by atoms with Gasteiger partial charge in [-0.15, -0.1) is 22.2 Å². The van der Waals surface area contributed by atoms with Crippen LogP contribution in [0.3, 0.4) is 0 Å². The molecule has 0 bridgehead atoms. The van der Waals surface area contributed by atoms with E-state index >= 15 is 0 Å². The van der Waals surface area contributed by atoms with Crippen molar-refractivity contribution in [3.05, 3.63) is 0 Å². The fraction of sp³-hybridized carbons (Fsp3) is 1.00. The van der Waals surface area contributed by atoms with Gasteiger partial charge in [0.25, 0.3) is 6.69 Å². The van der Waals surface area contributed by atoms with E-state index in [1.165, 1.54) is 83.5 Å². The molecule has 0 aliphatic rings. The SMILES string of the molecule is CCCCCCCCCCCC[Si](Cl)(Cl)CCCCC. The Bertz CT molecular complexity index is 195. The molecule has 122 valence electrons. The van der Waals surface area contributed by atoms with Gasteiger partial charge in [-0.3, -0.25) is 0 Å². The number of halogens is 2. The highest BCUT2D eigenvalue weighted by Gasteiger charge is 2.26. The molecule has 0 aromatic rings. The fourth-order valence-electron chi connectivity index (χ4n) is 2.63. The van der Waals surface area contributed by atoms with Crippen LogP contribution in [0.4, 0.5) is 0 Å². The molecule has 0 rings (SSSR count). The van der Waals surface area contributed by atoms with E-state index in [2.05, 4.69) is 13.8 Å². The average molecular weight is 339 g/mol. The Labute approximate surface area is 138 Å². The van der Waals surface area contributed by atoms with Crippen LogP contribution in [0.25, 0.3) is 0 Å². The van der Waals surface area contributed by atoms with E-state index in [0.29, 0.717) is 0 Å². The van der Waals surface area contributed by atoms with Crippen LogP contribution in [-0.4, -0.2) is 6.69 Å². The third-order valence-electron chi connectivity index (χ3n) is 4.04. The molecule has 0 aromatic heterocycles. The molecule has 0 aliphatic heterocycles. The van der Waals surface area contributed by atoms with Crippen LogP contribution >= 0.6 is 22.2 Å². The van der Waals surface area contributed by atoms with Crippen molar-refractivity contribution < 1.29 is 0 Å². The molecule has 0 fully saturated rings. The molecule has 0 N–H and O–H groups in total. The zero-order valence-corrected chi connectivity index (χ0v) is 16.4. The van der Waals surface area contributed by atoms with Gasteiger partial charge in [0.2, 0.25) is 0 Å². The Kier molecular flexibility index (Phi) is 15.3. The molecule has 0 unspecified atom stereocenters. The molecule has 0 spiro atoms. The van der Waals surface area contributed by atoms with E-state index in [1.54, 1.807) is 0 Å². The van der Waals surface area contributed by atoms with Gasteiger partial charge in [-0.25, -0.2) is 0 Å². The predicted octanol–water partition coefficient (Wildman–Crippen LogP) is 8.02. The maximum atomic E-state index is 6.49. The molecule has 20 heavy (non-hydrogen) atoms. The van der Waals surface area contributed by atoms with Crippen LogP contribution in [0, 0.1) is 0 Å². The summed E-state index contributed by atoms with van der Waals surface area (Å²) in [6.07, 6.45) is 17.6. The highest BCUT2D eigenvalue weighted by Crippen LogP contribution is 2.30. The van der Waals surface area contributed by atoms with Crippen LogP contribution < -0.4 is 0 Å². The van der Waals surface area contributed by atoms with E-state index in [-0.39, 0.29) is 0 Å². The Morgan fingerprint density at radius 3 is 1.25 bits per heavy atom. The van der Waals surface area contributed by atoms with Crippen molar-refractivity contribution in [3.8, 4) is 0 Å². The molecular weight excluding hydrogens is 303 g/mol. The van der Waals surface area contributed by atoms with E-state index in [1.807, 2.05) is 0 Å². The third kappa shape index (κ3) is 15.2. The van der Waals surface area contributed by atoms with Crippen molar-refractivity contribution in [1.82, 2.24) is 0 Å². The standard InChI is InChI=1S/C17H36Cl2Si/c1-3-5-7-8-9-10-11-12-13-15-17-20(18,19)16-14-6-4-2/h3-17H2,1-2H3. The van der Waals surface area contributed by atoms with Gasteiger partial charge in [-0.2, -0.15) is 0 Å². The topological polar surface area (TPSA) is 0 Å². The lowest BCUT2D eigenvalue weighted by Crippen LogP contribution is -2.18. The summed E-state index contributed by atoms with van der Waals surface area (Å²) in [6, 6.07) is 2.21. The van der Waals surface area contributed by atoms with Crippen molar-refractivity contribution in [3.63, 3.8) is 0 Å². The van der Waals surface area contributed by atoms with Crippen molar-refractivity contribution in [2.45, 2.75) is 109 Å². The predicted molar refractivity (Wildman–Crippen MR) is 98.4 cm³/mol. The van der Waals surface area contributed by atoms with Crippen molar-refractivity contribution in [1.29, 1.82) is 0 Å². The number of unbranched alkanes of at least 4 members (excludes halogenated alkanes) is 11. The second-order valence-electron chi connectivity index (χ2n) is 6.25. The summed E-state index contributed by atoms with van der Waals surface area (Å²) in [5.41, 5.74) is 0. The van der Waals surface area contributed by atoms with Gasteiger partial charge in [0.05, 0.1) is 0 Å². The maximum Gasteiger partial charge on any atom is 0.251 e. The molecule has 0 nitrogen and oxygen atoms in total. The first kappa shape index (κ1) is 20.8. The molecule has 0 aromatic carbocycles. The lowest BCUT2D eigenvalue weighted by molar-refractivity contribution is 0.562. The Balaban J connectivity index is 3.25. The average Bonchev–Trinajstić information content (AvgIpc) is 2.41.